The van der Waals surface area contributed by atoms with Gasteiger partial charge in [-0.2, -0.15) is 0 Å². The normalized spacial score (nSPS) is 22.3. The van der Waals surface area contributed by atoms with Gasteiger partial charge in [0.2, 0.25) is 0 Å². The first-order valence-corrected chi connectivity index (χ1v) is 18.6. The van der Waals surface area contributed by atoms with E-state index in [-0.39, 0.29) is 0 Å². The van der Waals surface area contributed by atoms with Gasteiger partial charge in [0.1, 0.15) is 8.07 Å². The number of para-hydroxylation sites is 2. The summed E-state index contributed by atoms with van der Waals surface area (Å²) in [5.41, 5.74) is 7.80. The smallest absolute Gasteiger partial charge is 0.128 e. The molecule has 0 radical (unpaired) electrons. The molecule has 4 atom stereocenters. The van der Waals surface area contributed by atoms with Gasteiger partial charge in [-0.1, -0.05) is 138 Å². The lowest BCUT2D eigenvalue weighted by Crippen LogP contribution is -2.57. The van der Waals surface area contributed by atoms with Crippen molar-refractivity contribution in [3.63, 3.8) is 0 Å². The Balaban J connectivity index is 1.30. The highest BCUT2D eigenvalue weighted by atomic mass is 32.2. The minimum atomic E-state index is -2.33. The SMILES string of the molecule is C1=CCC([Si](C2=CSC(c3ccccc3)C2)(c2ccccc2)C2C=Cc3c(c4ccccc4n3-c3ccccc3)C2)C=C1. The van der Waals surface area contributed by atoms with Gasteiger partial charge in [0.05, 0.1) is 5.52 Å². The van der Waals surface area contributed by atoms with Crippen LogP contribution in [0, 0.1) is 0 Å². The molecule has 1 nitrogen and oxygen atoms in total. The van der Waals surface area contributed by atoms with E-state index in [1.54, 1.807) is 10.4 Å². The fraction of sp³-hybridized carbons (Fsp3) is 0.150. The standard InChI is InChI=1S/C40H35NSSi/c1-5-15-30(16-6-1)40-28-35(29-42-40)43(32-19-9-3-10-20-32,33-21-11-4-12-22-33)34-25-26-39-37(27-34)36-23-13-14-24-38(36)41(39)31-17-7-2-8-18-31/h1-21,23-26,29,33-34,40H,22,27-28H2. The maximum Gasteiger partial charge on any atom is 0.128 e. The second-order valence-corrected chi connectivity index (χ2v) is 17.5. The van der Waals surface area contributed by atoms with E-state index in [9.17, 15) is 0 Å². The van der Waals surface area contributed by atoms with Gasteiger partial charge in [-0.15, -0.1) is 11.8 Å². The van der Waals surface area contributed by atoms with Crippen LogP contribution in [0.4, 0.5) is 0 Å². The first-order chi connectivity index (χ1) is 21.3. The molecule has 4 unspecified atom stereocenters. The molecule has 0 spiro atoms. The lowest BCUT2D eigenvalue weighted by atomic mass is 10.0. The fourth-order valence-electron chi connectivity index (χ4n) is 7.97. The number of nitrogens with zero attached hydrogens (tertiary/aromatic N) is 1. The topological polar surface area (TPSA) is 4.93 Å². The van der Waals surface area contributed by atoms with E-state index < -0.39 is 8.07 Å². The summed E-state index contributed by atoms with van der Waals surface area (Å²) >= 11 is 2.05. The predicted octanol–water partition coefficient (Wildman–Crippen LogP) is 10.1. The van der Waals surface area contributed by atoms with Gasteiger partial charge in [-0.05, 0) is 71.2 Å². The van der Waals surface area contributed by atoms with Crippen LogP contribution in [-0.4, -0.2) is 12.6 Å². The Morgan fingerprint density at radius 1 is 0.674 bits per heavy atom. The summed E-state index contributed by atoms with van der Waals surface area (Å²) < 4.78 is 2.47. The van der Waals surface area contributed by atoms with Crippen molar-refractivity contribution in [3.8, 4) is 5.69 Å². The molecule has 2 heterocycles. The molecule has 0 saturated heterocycles. The monoisotopic (exact) mass is 589 g/mol. The van der Waals surface area contributed by atoms with Gasteiger partial charge < -0.3 is 4.57 Å². The van der Waals surface area contributed by atoms with Crippen LogP contribution in [0.15, 0.2) is 156 Å². The van der Waals surface area contributed by atoms with E-state index >= 15 is 0 Å². The summed E-state index contributed by atoms with van der Waals surface area (Å²) in [5.74, 6) is 0. The van der Waals surface area contributed by atoms with Crippen molar-refractivity contribution in [2.24, 2.45) is 0 Å². The lowest BCUT2D eigenvalue weighted by molar-refractivity contribution is 0.859. The number of rotatable bonds is 6. The zero-order chi connectivity index (χ0) is 28.6. The Bertz CT molecular complexity index is 1880. The van der Waals surface area contributed by atoms with E-state index in [1.165, 1.54) is 33.4 Å². The van der Waals surface area contributed by atoms with E-state index in [0.717, 1.165) is 19.3 Å². The number of thioether (sulfide) groups is 1. The van der Waals surface area contributed by atoms with E-state index in [0.29, 0.717) is 16.3 Å². The highest BCUT2D eigenvalue weighted by molar-refractivity contribution is 8.02. The molecule has 0 fully saturated rings. The zero-order valence-electron chi connectivity index (χ0n) is 24.2. The molecule has 8 rings (SSSR count). The van der Waals surface area contributed by atoms with Gasteiger partial charge >= 0.3 is 0 Å². The van der Waals surface area contributed by atoms with Crippen molar-refractivity contribution in [2.75, 3.05) is 0 Å². The van der Waals surface area contributed by atoms with Crippen LogP contribution in [0.2, 0.25) is 11.1 Å². The molecule has 1 aromatic heterocycles. The van der Waals surface area contributed by atoms with Gasteiger partial charge in [-0.3, -0.25) is 0 Å². The summed E-state index contributed by atoms with van der Waals surface area (Å²) in [6, 6.07) is 42.7. The van der Waals surface area contributed by atoms with Gasteiger partial charge in [-0.25, -0.2) is 0 Å². The predicted molar refractivity (Wildman–Crippen MR) is 188 cm³/mol. The minimum Gasteiger partial charge on any atom is -0.310 e. The van der Waals surface area contributed by atoms with Crippen molar-refractivity contribution in [2.45, 2.75) is 35.6 Å². The number of benzene rings is 4. The van der Waals surface area contributed by atoms with Crippen molar-refractivity contribution in [1.29, 1.82) is 0 Å². The molecular weight excluding hydrogens is 555 g/mol. The first-order valence-electron chi connectivity index (χ1n) is 15.5. The maximum atomic E-state index is 2.62. The molecule has 3 heteroatoms. The molecule has 210 valence electrons. The van der Waals surface area contributed by atoms with Crippen LogP contribution in [0.5, 0.6) is 0 Å². The number of hydrogen-bond acceptors (Lipinski definition) is 1. The summed E-state index contributed by atoms with van der Waals surface area (Å²) in [5, 5.41) is 7.76. The molecule has 5 aromatic rings. The van der Waals surface area contributed by atoms with Crippen LogP contribution in [0.1, 0.15) is 34.9 Å². The van der Waals surface area contributed by atoms with Gasteiger partial charge in [0.15, 0.2) is 0 Å². The third kappa shape index (κ3) is 4.45. The molecule has 0 saturated carbocycles. The molecular formula is C40H35NSSi. The van der Waals surface area contributed by atoms with Gasteiger partial charge in [0, 0.05) is 22.0 Å². The van der Waals surface area contributed by atoms with Gasteiger partial charge in [0.25, 0.3) is 0 Å². The molecule has 3 aliphatic rings. The van der Waals surface area contributed by atoms with Crippen molar-refractivity contribution in [1.82, 2.24) is 4.57 Å². The van der Waals surface area contributed by atoms with Crippen LogP contribution >= 0.6 is 11.8 Å². The second-order valence-electron chi connectivity index (χ2n) is 12.0. The summed E-state index contributed by atoms with van der Waals surface area (Å²) in [4.78, 5) is 0. The maximum absolute atomic E-state index is 2.62. The highest BCUT2D eigenvalue weighted by Crippen LogP contribution is 2.54. The fourth-order valence-corrected chi connectivity index (χ4v) is 16.0. The second kappa shape index (κ2) is 11.2. The quantitative estimate of drug-likeness (QED) is 0.178. The Morgan fingerprint density at radius 3 is 2.16 bits per heavy atom. The summed E-state index contributed by atoms with van der Waals surface area (Å²) in [6.07, 6.45) is 17.9. The Hall–Kier alpha value is -4.05. The third-order valence-corrected chi connectivity index (χ3v) is 17.1. The largest absolute Gasteiger partial charge is 0.310 e. The Kier molecular flexibility index (Phi) is 6.93. The molecule has 0 N–H and O–H groups in total. The third-order valence-electron chi connectivity index (χ3n) is 9.83. The van der Waals surface area contributed by atoms with E-state index in [2.05, 4.69) is 162 Å². The molecule has 2 aliphatic carbocycles. The average molecular weight is 590 g/mol. The molecule has 0 amide bonds. The summed E-state index contributed by atoms with van der Waals surface area (Å²) in [6.45, 7) is 0. The van der Waals surface area contributed by atoms with Crippen molar-refractivity contribution >= 4 is 42.0 Å². The lowest BCUT2D eigenvalue weighted by Gasteiger charge is -2.46. The Morgan fingerprint density at radius 2 is 1.40 bits per heavy atom. The number of fused-ring (bicyclic) bond motifs is 3. The van der Waals surface area contributed by atoms with Crippen LogP contribution in [0.25, 0.3) is 22.7 Å². The molecule has 43 heavy (non-hydrogen) atoms. The van der Waals surface area contributed by atoms with Crippen molar-refractivity contribution in [3.05, 3.63) is 173 Å². The van der Waals surface area contributed by atoms with Crippen LogP contribution in [0.3, 0.4) is 0 Å². The van der Waals surface area contributed by atoms with Crippen molar-refractivity contribution < 1.29 is 0 Å². The van der Waals surface area contributed by atoms with Crippen LogP contribution in [-0.2, 0) is 6.42 Å². The molecule has 1 aliphatic heterocycles. The minimum absolute atomic E-state index is 0.458. The van der Waals surface area contributed by atoms with E-state index in [4.69, 9.17) is 0 Å². The highest BCUT2D eigenvalue weighted by Gasteiger charge is 2.52. The number of aromatic nitrogens is 1. The summed E-state index contributed by atoms with van der Waals surface area (Å²) in [7, 11) is -2.33. The van der Waals surface area contributed by atoms with Crippen LogP contribution < -0.4 is 5.19 Å². The first kappa shape index (κ1) is 26.6. The number of hydrogen-bond donors (Lipinski definition) is 0. The van der Waals surface area contributed by atoms with E-state index in [1.807, 2.05) is 11.8 Å². The molecule has 4 aromatic carbocycles. The Labute approximate surface area is 260 Å². The number of allylic oxidation sites excluding steroid dienone is 6. The molecule has 0 bridgehead atoms. The average Bonchev–Trinajstić information content (AvgIpc) is 3.71. The zero-order valence-corrected chi connectivity index (χ0v) is 26.0.